The molecule has 2 aromatic rings. The molecule has 2 heterocycles. The van der Waals surface area contributed by atoms with Gasteiger partial charge in [-0.3, -0.25) is 4.79 Å². The highest BCUT2D eigenvalue weighted by atomic mass is 32.2. The van der Waals surface area contributed by atoms with Gasteiger partial charge in [0.25, 0.3) is 5.56 Å². The fourth-order valence-corrected chi connectivity index (χ4v) is 4.13. The molecule has 1 N–H and O–H groups in total. The third-order valence-corrected chi connectivity index (χ3v) is 5.99. The molecule has 2 aromatic heterocycles. The van der Waals surface area contributed by atoms with Crippen LogP contribution in [0.4, 0.5) is 0 Å². The molecule has 0 aromatic carbocycles. The lowest BCUT2D eigenvalue weighted by Crippen LogP contribution is -2.11. The first-order valence-corrected chi connectivity index (χ1v) is 9.37. The van der Waals surface area contributed by atoms with Crippen LogP contribution in [-0.4, -0.2) is 15.7 Å². The summed E-state index contributed by atoms with van der Waals surface area (Å²) in [6.45, 7) is 10.9. The van der Waals surface area contributed by atoms with Crippen LogP contribution in [0.25, 0.3) is 10.2 Å². The summed E-state index contributed by atoms with van der Waals surface area (Å²) in [5.41, 5.74) is 1.22. The van der Waals surface area contributed by atoms with Crippen LogP contribution in [0.3, 0.4) is 0 Å². The molecule has 0 saturated heterocycles. The molecule has 0 bridgehead atoms. The van der Waals surface area contributed by atoms with E-state index in [0.29, 0.717) is 11.8 Å². The Hall–Kier alpha value is -0.810. The zero-order valence-corrected chi connectivity index (χ0v) is 15.1. The van der Waals surface area contributed by atoms with E-state index >= 15 is 0 Å². The Kier molecular flexibility index (Phi) is 5.49. The topological polar surface area (TPSA) is 45.8 Å². The van der Waals surface area contributed by atoms with Crippen LogP contribution in [0.2, 0.25) is 0 Å². The smallest absolute Gasteiger partial charge is 0.260 e. The molecule has 0 fully saturated rings. The van der Waals surface area contributed by atoms with E-state index in [2.05, 4.69) is 44.6 Å². The van der Waals surface area contributed by atoms with Crippen molar-refractivity contribution in [3.05, 3.63) is 20.8 Å². The normalized spacial score (nSPS) is 13.2. The Labute approximate surface area is 134 Å². The Morgan fingerprint density at radius 1 is 1.33 bits per heavy atom. The van der Waals surface area contributed by atoms with Gasteiger partial charge in [-0.1, -0.05) is 45.9 Å². The Morgan fingerprint density at radius 2 is 2.05 bits per heavy atom. The van der Waals surface area contributed by atoms with Crippen molar-refractivity contribution in [2.75, 3.05) is 5.75 Å². The fraction of sp³-hybridized carbons (Fsp3) is 0.625. The first-order chi connectivity index (χ1) is 9.92. The number of hydrogen-bond donors (Lipinski definition) is 1. The van der Waals surface area contributed by atoms with Crippen LogP contribution in [0.1, 0.15) is 44.6 Å². The monoisotopic (exact) mass is 324 g/mol. The number of hydrogen-bond acceptors (Lipinski definition) is 4. The van der Waals surface area contributed by atoms with Gasteiger partial charge in [0.1, 0.15) is 4.83 Å². The molecule has 0 aliphatic heterocycles. The lowest BCUT2D eigenvalue weighted by molar-refractivity contribution is 0.561. The number of thiophene rings is 1. The maximum atomic E-state index is 12.4. The minimum absolute atomic E-state index is 0.0221. The summed E-state index contributed by atoms with van der Waals surface area (Å²) in [6.07, 6.45) is 2.09. The van der Waals surface area contributed by atoms with Gasteiger partial charge in [-0.25, -0.2) is 4.98 Å². The van der Waals surface area contributed by atoms with Crippen molar-refractivity contribution in [3.8, 4) is 0 Å². The van der Waals surface area contributed by atoms with E-state index < -0.39 is 0 Å². The lowest BCUT2D eigenvalue weighted by atomic mass is 9.98. The third kappa shape index (κ3) is 3.89. The Balaban J connectivity index is 2.41. The number of H-pyrrole nitrogens is 1. The minimum Gasteiger partial charge on any atom is -0.301 e. The highest BCUT2D eigenvalue weighted by molar-refractivity contribution is 7.99. The molecule has 21 heavy (non-hydrogen) atoms. The average Bonchev–Trinajstić information content (AvgIpc) is 2.73. The molecule has 0 spiro atoms. The second-order valence-corrected chi connectivity index (χ2v) is 8.32. The predicted octanol–water partition coefficient (Wildman–Crippen LogP) is 4.63. The van der Waals surface area contributed by atoms with Crippen LogP contribution in [-0.2, 0) is 6.42 Å². The van der Waals surface area contributed by atoms with Crippen LogP contribution in [0, 0.1) is 18.8 Å². The fourth-order valence-electron chi connectivity index (χ4n) is 2.21. The maximum absolute atomic E-state index is 12.4. The molecule has 0 aliphatic rings. The molecule has 3 nitrogen and oxygen atoms in total. The quantitative estimate of drug-likeness (QED) is 0.622. The van der Waals surface area contributed by atoms with E-state index in [1.54, 1.807) is 23.1 Å². The van der Waals surface area contributed by atoms with Crippen LogP contribution in [0.5, 0.6) is 0 Å². The number of rotatable bonds is 6. The molecule has 5 heteroatoms. The van der Waals surface area contributed by atoms with Crippen molar-refractivity contribution in [1.82, 2.24) is 9.97 Å². The van der Waals surface area contributed by atoms with Crippen molar-refractivity contribution in [1.29, 1.82) is 0 Å². The van der Waals surface area contributed by atoms with Gasteiger partial charge in [0.05, 0.1) is 5.39 Å². The van der Waals surface area contributed by atoms with Gasteiger partial charge in [-0.05, 0) is 30.7 Å². The van der Waals surface area contributed by atoms with Gasteiger partial charge in [0, 0.05) is 10.6 Å². The van der Waals surface area contributed by atoms with Gasteiger partial charge in [-0.2, -0.15) is 0 Å². The summed E-state index contributed by atoms with van der Waals surface area (Å²) in [4.78, 5) is 22.2. The molecule has 2 rings (SSSR count). The average molecular weight is 325 g/mol. The minimum atomic E-state index is 0.0221. The summed E-state index contributed by atoms with van der Waals surface area (Å²) in [5, 5.41) is 1.56. The summed E-state index contributed by atoms with van der Waals surface area (Å²) < 4.78 is 0. The maximum Gasteiger partial charge on any atom is 0.260 e. The van der Waals surface area contributed by atoms with E-state index in [0.717, 1.165) is 34.0 Å². The zero-order valence-electron chi connectivity index (χ0n) is 13.4. The number of thioether (sulfide) groups is 1. The van der Waals surface area contributed by atoms with E-state index in [4.69, 9.17) is 0 Å². The highest BCUT2D eigenvalue weighted by Gasteiger charge is 2.16. The van der Waals surface area contributed by atoms with E-state index in [-0.39, 0.29) is 5.56 Å². The lowest BCUT2D eigenvalue weighted by Gasteiger charge is -2.08. The van der Waals surface area contributed by atoms with Crippen molar-refractivity contribution < 1.29 is 0 Å². The van der Waals surface area contributed by atoms with Crippen LogP contribution in [0.15, 0.2) is 9.95 Å². The molecule has 0 unspecified atom stereocenters. The Morgan fingerprint density at radius 3 is 2.67 bits per heavy atom. The summed E-state index contributed by atoms with van der Waals surface area (Å²) >= 11 is 3.28. The summed E-state index contributed by atoms with van der Waals surface area (Å²) in [7, 11) is 0. The SMILES string of the molecule is CC[C@@H](C)Cc1c(C)sc2nc(SCC(C)C)[nH]c(=O)c12. The second-order valence-electron chi connectivity index (χ2n) is 6.11. The number of aryl methyl sites for hydroxylation is 1. The molecular formula is C16H24N2OS2. The van der Waals surface area contributed by atoms with Crippen molar-refractivity contribution in [3.63, 3.8) is 0 Å². The van der Waals surface area contributed by atoms with E-state index in [9.17, 15) is 4.79 Å². The van der Waals surface area contributed by atoms with Gasteiger partial charge in [0.2, 0.25) is 0 Å². The van der Waals surface area contributed by atoms with Crippen LogP contribution < -0.4 is 5.56 Å². The van der Waals surface area contributed by atoms with Crippen molar-refractivity contribution in [2.24, 2.45) is 11.8 Å². The molecule has 0 saturated carbocycles. The van der Waals surface area contributed by atoms with Gasteiger partial charge in [0.15, 0.2) is 5.16 Å². The van der Waals surface area contributed by atoms with E-state index in [1.807, 2.05) is 0 Å². The van der Waals surface area contributed by atoms with Crippen molar-refractivity contribution in [2.45, 2.75) is 52.6 Å². The molecule has 0 amide bonds. The first kappa shape index (κ1) is 16.6. The van der Waals surface area contributed by atoms with Gasteiger partial charge >= 0.3 is 0 Å². The summed E-state index contributed by atoms with van der Waals surface area (Å²) in [5.74, 6) is 2.15. The summed E-state index contributed by atoms with van der Waals surface area (Å²) in [6, 6.07) is 0. The van der Waals surface area contributed by atoms with Gasteiger partial charge < -0.3 is 4.98 Å². The van der Waals surface area contributed by atoms with Gasteiger partial charge in [-0.15, -0.1) is 11.3 Å². The number of nitrogens with one attached hydrogen (secondary N) is 1. The third-order valence-electron chi connectivity index (χ3n) is 3.64. The van der Waals surface area contributed by atoms with Crippen molar-refractivity contribution >= 4 is 33.3 Å². The molecule has 0 radical (unpaired) electrons. The standard InChI is InChI=1S/C16H24N2OS2/c1-6-10(4)7-12-11(5)21-15-13(12)14(19)17-16(18-15)20-8-9(2)3/h9-10H,6-8H2,1-5H3,(H,17,18,19)/t10-/m1/s1. The predicted molar refractivity (Wildman–Crippen MR) is 93.7 cm³/mol. The largest absolute Gasteiger partial charge is 0.301 e. The van der Waals surface area contributed by atoms with E-state index in [1.165, 1.54) is 10.4 Å². The number of aromatic nitrogens is 2. The zero-order chi connectivity index (χ0) is 15.6. The molecule has 1 atom stereocenters. The Bertz CT molecular complexity index is 673. The molecule has 0 aliphatic carbocycles. The molecular weight excluding hydrogens is 300 g/mol. The number of aromatic amines is 1. The molecule has 116 valence electrons. The highest BCUT2D eigenvalue weighted by Crippen LogP contribution is 2.30. The van der Waals surface area contributed by atoms with Crippen LogP contribution >= 0.6 is 23.1 Å². The second kappa shape index (κ2) is 6.97. The number of nitrogens with zero attached hydrogens (tertiary/aromatic N) is 1. The first-order valence-electron chi connectivity index (χ1n) is 7.57. The number of fused-ring (bicyclic) bond motifs is 1.